The summed E-state index contributed by atoms with van der Waals surface area (Å²) in [6.07, 6.45) is 0.856. The van der Waals surface area contributed by atoms with Gasteiger partial charge >= 0.3 is 0 Å². The number of halogens is 2. The summed E-state index contributed by atoms with van der Waals surface area (Å²) in [6.45, 7) is 6.72. The van der Waals surface area contributed by atoms with Gasteiger partial charge in [-0.25, -0.2) is 4.39 Å². The van der Waals surface area contributed by atoms with Crippen molar-refractivity contribution in [2.45, 2.75) is 32.0 Å². The molecular formula is C16H21ClFNO3. The highest BCUT2D eigenvalue weighted by Gasteiger charge is 2.39. The quantitative estimate of drug-likeness (QED) is 0.921. The normalized spacial score (nSPS) is 23.9. The van der Waals surface area contributed by atoms with E-state index in [1.54, 1.807) is 6.07 Å². The van der Waals surface area contributed by atoms with Gasteiger partial charge in [-0.1, -0.05) is 11.6 Å². The number of hydrogen-bond acceptors (Lipinski definition) is 4. The van der Waals surface area contributed by atoms with Crippen LogP contribution in [0.5, 0.6) is 5.75 Å². The Morgan fingerprint density at radius 2 is 2.18 bits per heavy atom. The number of rotatable bonds is 4. The lowest BCUT2D eigenvalue weighted by Gasteiger charge is -2.28. The zero-order valence-electron chi connectivity index (χ0n) is 12.9. The zero-order valence-corrected chi connectivity index (χ0v) is 13.6. The van der Waals surface area contributed by atoms with Crippen LogP contribution in [0.25, 0.3) is 0 Å². The largest absolute Gasteiger partial charge is 0.493 e. The second-order valence-corrected chi connectivity index (χ2v) is 6.14. The summed E-state index contributed by atoms with van der Waals surface area (Å²) in [4.78, 5) is 0. The lowest BCUT2D eigenvalue weighted by molar-refractivity contribution is -0.150. The molecule has 2 heterocycles. The summed E-state index contributed by atoms with van der Waals surface area (Å²) in [5.74, 6) is -0.779. The van der Waals surface area contributed by atoms with E-state index >= 15 is 0 Å². The van der Waals surface area contributed by atoms with E-state index < -0.39 is 11.6 Å². The van der Waals surface area contributed by atoms with Crippen molar-refractivity contribution in [2.75, 3.05) is 32.9 Å². The maximum Gasteiger partial charge on any atom is 0.195 e. The minimum atomic E-state index is -0.942. The third kappa shape index (κ3) is 2.71. The summed E-state index contributed by atoms with van der Waals surface area (Å²) in [5.41, 5.74) is 1.20. The Morgan fingerprint density at radius 3 is 2.77 bits per heavy atom. The Balaban J connectivity index is 2.16. The van der Waals surface area contributed by atoms with Crippen molar-refractivity contribution < 1.29 is 18.6 Å². The van der Waals surface area contributed by atoms with Gasteiger partial charge in [0.05, 0.1) is 30.4 Å². The molecule has 0 amide bonds. The first-order valence-corrected chi connectivity index (χ1v) is 8.08. The van der Waals surface area contributed by atoms with Gasteiger partial charge in [0.2, 0.25) is 0 Å². The molecule has 2 aliphatic heterocycles. The van der Waals surface area contributed by atoms with Gasteiger partial charge in [-0.05, 0) is 32.9 Å². The van der Waals surface area contributed by atoms with Crippen LogP contribution in [0.4, 0.5) is 4.39 Å². The standard InChI is InChI=1S/C16H21ClFNO3/c1-3-20-15-11(16(2)21-6-7-22-16)8-12(17)14(18)13(15)10-4-5-19-9-10/h8,10,19H,3-7,9H2,1-2H3. The molecule has 4 nitrogen and oxygen atoms in total. The molecular weight excluding hydrogens is 309 g/mol. The highest BCUT2D eigenvalue weighted by molar-refractivity contribution is 6.31. The van der Waals surface area contributed by atoms with E-state index in [-0.39, 0.29) is 10.9 Å². The monoisotopic (exact) mass is 329 g/mol. The third-order valence-corrected chi connectivity index (χ3v) is 4.57. The average molecular weight is 330 g/mol. The molecule has 22 heavy (non-hydrogen) atoms. The predicted octanol–water partition coefficient (Wildman–Crippen LogP) is 3.17. The number of nitrogens with one attached hydrogen (secondary N) is 1. The van der Waals surface area contributed by atoms with Crippen LogP contribution in [0.2, 0.25) is 5.02 Å². The Hall–Kier alpha value is -0.880. The molecule has 2 aliphatic rings. The molecule has 0 aliphatic carbocycles. The number of ether oxygens (including phenoxy) is 3. The Bertz CT molecular complexity index is 555. The first-order chi connectivity index (χ1) is 10.6. The van der Waals surface area contributed by atoms with Gasteiger partial charge in [-0.2, -0.15) is 0 Å². The van der Waals surface area contributed by atoms with E-state index in [9.17, 15) is 4.39 Å². The maximum absolute atomic E-state index is 14.7. The fraction of sp³-hybridized carbons (Fsp3) is 0.625. The lowest BCUT2D eigenvalue weighted by Crippen LogP contribution is -2.25. The minimum absolute atomic E-state index is 0.0454. The second-order valence-electron chi connectivity index (χ2n) is 5.73. The Kier molecular flexibility index (Phi) is 4.59. The van der Waals surface area contributed by atoms with Gasteiger partial charge in [-0.3, -0.25) is 0 Å². The number of benzene rings is 1. The van der Waals surface area contributed by atoms with Crippen molar-refractivity contribution in [3.63, 3.8) is 0 Å². The van der Waals surface area contributed by atoms with Gasteiger partial charge in [0.15, 0.2) is 5.79 Å². The van der Waals surface area contributed by atoms with Crippen LogP contribution in [-0.4, -0.2) is 32.9 Å². The summed E-state index contributed by atoms with van der Waals surface area (Å²) in [7, 11) is 0. The first kappa shape index (κ1) is 16.0. The summed E-state index contributed by atoms with van der Waals surface area (Å²) >= 11 is 6.15. The number of hydrogen-bond donors (Lipinski definition) is 1. The van der Waals surface area contributed by atoms with E-state index in [4.69, 9.17) is 25.8 Å². The van der Waals surface area contributed by atoms with Gasteiger partial charge in [-0.15, -0.1) is 0 Å². The Labute approximate surface area is 134 Å². The van der Waals surface area contributed by atoms with E-state index in [0.29, 0.717) is 36.7 Å². The first-order valence-electron chi connectivity index (χ1n) is 7.70. The molecule has 1 atom stereocenters. The van der Waals surface area contributed by atoms with Gasteiger partial charge in [0.25, 0.3) is 0 Å². The summed E-state index contributed by atoms with van der Waals surface area (Å²) in [5, 5.41) is 3.34. The highest BCUT2D eigenvalue weighted by Crippen LogP contribution is 2.45. The van der Waals surface area contributed by atoms with Crippen LogP contribution in [0, 0.1) is 5.82 Å². The van der Waals surface area contributed by atoms with Crippen molar-refractivity contribution in [3.05, 3.63) is 28.0 Å². The van der Waals surface area contributed by atoms with Crippen LogP contribution >= 0.6 is 11.6 Å². The molecule has 6 heteroatoms. The topological polar surface area (TPSA) is 39.7 Å². The molecule has 122 valence electrons. The van der Waals surface area contributed by atoms with Crippen molar-refractivity contribution in [2.24, 2.45) is 0 Å². The van der Waals surface area contributed by atoms with Gasteiger partial charge in [0.1, 0.15) is 11.6 Å². The second kappa shape index (κ2) is 6.32. The molecule has 2 fully saturated rings. The van der Waals surface area contributed by atoms with Gasteiger partial charge in [0, 0.05) is 18.0 Å². The van der Waals surface area contributed by atoms with Gasteiger partial charge < -0.3 is 19.5 Å². The molecule has 2 saturated heterocycles. The smallest absolute Gasteiger partial charge is 0.195 e. The fourth-order valence-corrected chi connectivity index (χ4v) is 3.41. The van der Waals surface area contributed by atoms with E-state index in [0.717, 1.165) is 19.5 Å². The summed E-state index contributed by atoms with van der Waals surface area (Å²) < 4.78 is 32.0. The van der Waals surface area contributed by atoms with Crippen LogP contribution in [0.3, 0.4) is 0 Å². The molecule has 1 aromatic rings. The fourth-order valence-electron chi connectivity index (χ4n) is 3.20. The maximum atomic E-state index is 14.7. The highest BCUT2D eigenvalue weighted by atomic mass is 35.5. The predicted molar refractivity (Wildman–Crippen MR) is 82.1 cm³/mol. The molecule has 0 saturated carbocycles. The van der Waals surface area contributed by atoms with Crippen LogP contribution < -0.4 is 10.1 Å². The summed E-state index contributed by atoms with van der Waals surface area (Å²) in [6, 6.07) is 1.57. The van der Waals surface area contributed by atoms with Crippen LogP contribution in [-0.2, 0) is 15.3 Å². The molecule has 1 N–H and O–H groups in total. The molecule has 1 unspecified atom stereocenters. The molecule has 1 aromatic carbocycles. The molecule has 0 bridgehead atoms. The van der Waals surface area contributed by atoms with Crippen molar-refractivity contribution >= 4 is 11.6 Å². The molecule has 0 radical (unpaired) electrons. The van der Waals surface area contributed by atoms with E-state index in [1.807, 2.05) is 13.8 Å². The van der Waals surface area contributed by atoms with E-state index in [1.165, 1.54) is 0 Å². The average Bonchev–Trinajstić information content (AvgIpc) is 3.15. The van der Waals surface area contributed by atoms with Crippen molar-refractivity contribution in [3.8, 4) is 5.75 Å². The molecule has 3 rings (SSSR count). The SMILES string of the molecule is CCOc1c(C2(C)OCCO2)cc(Cl)c(F)c1C1CCNC1. The lowest BCUT2D eigenvalue weighted by atomic mass is 9.92. The minimum Gasteiger partial charge on any atom is -0.493 e. The van der Waals surface area contributed by atoms with Crippen LogP contribution in [0.15, 0.2) is 6.07 Å². The molecule has 0 spiro atoms. The zero-order chi connectivity index (χ0) is 15.7. The molecule has 0 aromatic heterocycles. The van der Waals surface area contributed by atoms with Crippen LogP contribution in [0.1, 0.15) is 37.3 Å². The van der Waals surface area contributed by atoms with E-state index in [2.05, 4.69) is 5.32 Å². The Morgan fingerprint density at radius 1 is 1.45 bits per heavy atom. The third-order valence-electron chi connectivity index (χ3n) is 4.29. The van der Waals surface area contributed by atoms with Crippen molar-refractivity contribution in [1.29, 1.82) is 0 Å². The van der Waals surface area contributed by atoms with Crippen molar-refractivity contribution in [1.82, 2.24) is 5.32 Å².